The van der Waals surface area contributed by atoms with Crippen molar-refractivity contribution >= 4 is 5.91 Å². The Morgan fingerprint density at radius 1 is 1.22 bits per heavy atom. The summed E-state index contributed by atoms with van der Waals surface area (Å²) in [6, 6.07) is 0.386. The Hall–Kier alpha value is -0.570. The Bertz CT molecular complexity index is 274. The van der Waals surface area contributed by atoms with Gasteiger partial charge in [0.05, 0.1) is 6.04 Å². The Morgan fingerprint density at radius 3 is 2.61 bits per heavy atom. The van der Waals surface area contributed by atoms with Gasteiger partial charge in [0, 0.05) is 6.04 Å². The second kappa shape index (κ2) is 6.55. The van der Waals surface area contributed by atoms with Crippen molar-refractivity contribution in [3.8, 4) is 0 Å². The van der Waals surface area contributed by atoms with Crippen LogP contribution in [0, 0.1) is 11.8 Å². The second-order valence-electron chi connectivity index (χ2n) is 6.33. The lowest BCUT2D eigenvalue weighted by molar-refractivity contribution is -0.125. The fraction of sp³-hybridized carbons (Fsp3) is 0.933. The minimum atomic E-state index is 0.0415. The molecule has 18 heavy (non-hydrogen) atoms. The van der Waals surface area contributed by atoms with Gasteiger partial charge in [-0.15, -0.1) is 0 Å². The Labute approximate surface area is 111 Å². The van der Waals surface area contributed by atoms with Crippen LogP contribution in [0.2, 0.25) is 0 Å². The molecular weight excluding hydrogens is 224 g/mol. The fourth-order valence-electron chi connectivity index (χ4n) is 3.38. The van der Waals surface area contributed by atoms with Crippen molar-refractivity contribution in [1.82, 2.24) is 10.6 Å². The number of amides is 1. The van der Waals surface area contributed by atoms with Crippen molar-refractivity contribution in [2.75, 3.05) is 6.54 Å². The lowest BCUT2D eigenvalue weighted by Crippen LogP contribution is -2.51. The summed E-state index contributed by atoms with van der Waals surface area (Å²) in [4.78, 5) is 12.2. The molecule has 2 fully saturated rings. The summed E-state index contributed by atoms with van der Waals surface area (Å²) in [6.45, 7) is 5.41. The van der Waals surface area contributed by atoms with E-state index in [1.807, 2.05) is 0 Å². The summed E-state index contributed by atoms with van der Waals surface area (Å²) in [7, 11) is 0. The Morgan fingerprint density at radius 2 is 1.94 bits per heavy atom. The lowest BCUT2D eigenvalue weighted by atomic mass is 9.84. The molecule has 1 heterocycles. The van der Waals surface area contributed by atoms with Crippen molar-refractivity contribution < 1.29 is 4.79 Å². The van der Waals surface area contributed by atoms with E-state index in [-0.39, 0.29) is 11.9 Å². The van der Waals surface area contributed by atoms with Crippen LogP contribution in [0.3, 0.4) is 0 Å². The molecule has 1 aliphatic carbocycles. The molecule has 0 aromatic carbocycles. The van der Waals surface area contributed by atoms with E-state index in [1.165, 1.54) is 38.5 Å². The summed E-state index contributed by atoms with van der Waals surface area (Å²) in [6.07, 6.45) is 8.81. The van der Waals surface area contributed by atoms with E-state index in [4.69, 9.17) is 0 Å². The van der Waals surface area contributed by atoms with Gasteiger partial charge in [-0.1, -0.05) is 26.2 Å². The van der Waals surface area contributed by atoms with E-state index < -0.39 is 0 Å². The predicted octanol–water partition coefficient (Wildman–Crippen LogP) is 2.46. The van der Waals surface area contributed by atoms with Crippen LogP contribution in [-0.4, -0.2) is 24.5 Å². The molecule has 0 bridgehead atoms. The predicted molar refractivity (Wildman–Crippen MR) is 74.4 cm³/mol. The zero-order valence-electron chi connectivity index (χ0n) is 11.9. The molecule has 3 atom stereocenters. The molecule has 1 amide bonds. The lowest BCUT2D eigenvalue weighted by Gasteiger charge is -2.32. The van der Waals surface area contributed by atoms with E-state index in [0.29, 0.717) is 17.9 Å². The van der Waals surface area contributed by atoms with Gasteiger partial charge in [0.2, 0.25) is 5.91 Å². The molecule has 1 saturated heterocycles. The average molecular weight is 252 g/mol. The summed E-state index contributed by atoms with van der Waals surface area (Å²) in [5.41, 5.74) is 0. The number of nitrogens with one attached hydrogen (secondary N) is 2. The van der Waals surface area contributed by atoms with E-state index in [2.05, 4.69) is 24.5 Å². The van der Waals surface area contributed by atoms with E-state index >= 15 is 0 Å². The monoisotopic (exact) mass is 252 g/mol. The smallest absolute Gasteiger partial charge is 0.237 e. The van der Waals surface area contributed by atoms with Crippen molar-refractivity contribution in [3.63, 3.8) is 0 Å². The first-order chi connectivity index (χ1) is 8.66. The molecular formula is C15H28N2O. The molecule has 2 rings (SSSR count). The van der Waals surface area contributed by atoms with Gasteiger partial charge < -0.3 is 10.6 Å². The van der Waals surface area contributed by atoms with Gasteiger partial charge in [0.25, 0.3) is 0 Å². The zero-order valence-corrected chi connectivity index (χ0v) is 11.9. The second-order valence-corrected chi connectivity index (χ2v) is 6.33. The van der Waals surface area contributed by atoms with Crippen LogP contribution in [0.15, 0.2) is 0 Å². The minimum Gasteiger partial charge on any atom is -0.352 e. The summed E-state index contributed by atoms with van der Waals surface area (Å²) in [5, 5.41) is 6.58. The number of carbonyl (C=O) groups is 1. The van der Waals surface area contributed by atoms with Gasteiger partial charge in [-0.25, -0.2) is 0 Å². The van der Waals surface area contributed by atoms with Crippen LogP contribution in [0.1, 0.15) is 58.8 Å². The van der Waals surface area contributed by atoms with E-state index in [0.717, 1.165) is 13.0 Å². The summed E-state index contributed by atoms with van der Waals surface area (Å²) < 4.78 is 0. The zero-order chi connectivity index (χ0) is 13.0. The van der Waals surface area contributed by atoms with Crippen molar-refractivity contribution in [2.24, 2.45) is 11.8 Å². The summed E-state index contributed by atoms with van der Waals surface area (Å²) in [5.74, 6) is 1.59. The van der Waals surface area contributed by atoms with E-state index in [9.17, 15) is 4.79 Å². The first kappa shape index (κ1) is 13.9. The van der Waals surface area contributed by atoms with Crippen LogP contribution >= 0.6 is 0 Å². The first-order valence-corrected chi connectivity index (χ1v) is 7.70. The maximum atomic E-state index is 12.2. The van der Waals surface area contributed by atoms with Gasteiger partial charge >= 0.3 is 0 Å². The highest BCUT2D eigenvalue weighted by Gasteiger charge is 2.27. The third kappa shape index (κ3) is 3.71. The van der Waals surface area contributed by atoms with Crippen LogP contribution in [0.5, 0.6) is 0 Å². The topological polar surface area (TPSA) is 41.1 Å². The maximum absolute atomic E-state index is 12.2. The van der Waals surface area contributed by atoms with E-state index in [1.54, 1.807) is 0 Å². The molecule has 3 nitrogen and oxygen atoms in total. The highest BCUT2D eigenvalue weighted by molar-refractivity contribution is 5.82. The minimum absolute atomic E-state index is 0.0415. The van der Waals surface area contributed by atoms with Gasteiger partial charge in [-0.2, -0.15) is 0 Å². The highest BCUT2D eigenvalue weighted by Crippen LogP contribution is 2.26. The fourth-order valence-corrected chi connectivity index (χ4v) is 3.38. The van der Waals surface area contributed by atoms with Gasteiger partial charge in [-0.05, 0) is 51.0 Å². The van der Waals surface area contributed by atoms with Crippen molar-refractivity contribution in [1.29, 1.82) is 0 Å². The molecule has 2 N–H and O–H groups in total. The molecule has 1 aliphatic heterocycles. The van der Waals surface area contributed by atoms with Gasteiger partial charge in [0.1, 0.15) is 0 Å². The van der Waals surface area contributed by atoms with Gasteiger partial charge in [-0.3, -0.25) is 4.79 Å². The number of hydrogen-bond acceptors (Lipinski definition) is 2. The Balaban J connectivity index is 1.78. The van der Waals surface area contributed by atoms with Crippen LogP contribution in [0.4, 0.5) is 0 Å². The number of rotatable bonds is 3. The van der Waals surface area contributed by atoms with Crippen LogP contribution in [-0.2, 0) is 4.79 Å². The first-order valence-electron chi connectivity index (χ1n) is 7.70. The quantitative estimate of drug-likeness (QED) is 0.810. The molecule has 3 heteroatoms. The SMILES string of the molecule is CC1CCNC(C(=O)N[C@H](C)C2CCCCC2)C1. The molecule has 0 aromatic heterocycles. The van der Waals surface area contributed by atoms with Crippen molar-refractivity contribution in [2.45, 2.75) is 70.9 Å². The molecule has 2 unspecified atom stereocenters. The summed E-state index contributed by atoms with van der Waals surface area (Å²) >= 11 is 0. The molecule has 1 saturated carbocycles. The Kier molecular flexibility index (Phi) is 5.04. The molecule has 2 aliphatic rings. The normalized spacial score (nSPS) is 31.9. The van der Waals surface area contributed by atoms with Crippen molar-refractivity contribution in [3.05, 3.63) is 0 Å². The number of hydrogen-bond donors (Lipinski definition) is 2. The average Bonchev–Trinajstić information content (AvgIpc) is 2.39. The number of piperidine rings is 1. The largest absolute Gasteiger partial charge is 0.352 e. The van der Waals surface area contributed by atoms with Gasteiger partial charge in [0.15, 0.2) is 0 Å². The van der Waals surface area contributed by atoms with Crippen LogP contribution < -0.4 is 10.6 Å². The molecule has 104 valence electrons. The molecule has 0 radical (unpaired) electrons. The third-order valence-corrected chi connectivity index (χ3v) is 4.71. The molecule has 0 aromatic rings. The third-order valence-electron chi connectivity index (χ3n) is 4.71. The number of carbonyl (C=O) groups excluding carboxylic acids is 1. The standard InChI is InChI=1S/C15H28N2O/c1-11-8-9-16-14(10-11)15(18)17-12(2)13-6-4-3-5-7-13/h11-14,16H,3-10H2,1-2H3,(H,17,18)/t11?,12-,14?/m1/s1. The highest BCUT2D eigenvalue weighted by atomic mass is 16.2. The van der Waals surface area contributed by atoms with Crippen LogP contribution in [0.25, 0.3) is 0 Å². The maximum Gasteiger partial charge on any atom is 0.237 e. The molecule has 0 spiro atoms.